The molecule has 11 heavy (non-hydrogen) atoms. The van der Waals surface area contributed by atoms with E-state index >= 15 is 0 Å². The third kappa shape index (κ3) is 2.73. The van der Waals surface area contributed by atoms with Crippen LogP contribution < -0.4 is 0 Å². The first-order chi connectivity index (χ1) is 5.22. The zero-order valence-corrected chi connectivity index (χ0v) is 8.40. The summed E-state index contributed by atoms with van der Waals surface area (Å²) < 4.78 is 5.15. The van der Waals surface area contributed by atoms with Gasteiger partial charge in [-0.2, -0.15) is 0 Å². The highest BCUT2D eigenvalue weighted by Crippen LogP contribution is 2.25. The van der Waals surface area contributed by atoms with Gasteiger partial charge < -0.3 is 4.74 Å². The molecule has 4 heteroatoms. The minimum absolute atomic E-state index is 0.187. The molecule has 0 spiro atoms. The fraction of sp³-hybridized carbons (Fsp3) is 0.857. The molecule has 0 aliphatic carbocycles. The fourth-order valence-electron chi connectivity index (χ4n) is 1.19. The molecular weight excluding hydrogens is 231 g/mol. The van der Waals surface area contributed by atoms with Crippen molar-refractivity contribution in [1.82, 2.24) is 0 Å². The summed E-state index contributed by atoms with van der Waals surface area (Å²) in [4.78, 5) is 10.5. The maximum absolute atomic E-state index is 10.7. The number of hydrogen-bond acceptors (Lipinski definition) is 2. The molecule has 0 aromatic rings. The molecule has 0 saturated carbocycles. The molecule has 2 nitrogen and oxygen atoms in total. The average Bonchev–Trinajstić information content (AvgIpc) is 2.05. The van der Waals surface area contributed by atoms with E-state index in [0.29, 0.717) is 5.92 Å². The first-order valence-corrected chi connectivity index (χ1v) is 4.92. The SMILES string of the molecule is O=C(Cl)C(Br)C1CCOCC1. The van der Waals surface area contributed by atoms with Crippen LogP contribution >= 0.6 is 27.5 Å². The number of halogens is 2. The van der Waals surface area contributed by atoms with E-state index in [-0.39, 0.29) is 10.1 Å². The number of rotatable bonds is 2. The monoisotopic (exact) mass is 240 g/mol. The van der Waals surface area contributed by atoms with E-state index < -0.39 is 0 Å². The standard InChI is InChI=1S/C7H10BrClO2/c8-6(7(9)10)5-1-3-11-4-2-5/h5-6H,1-4H2. The van der Waals surface area contributed by atoms with E-state index in [2.05, 4.69) is 15.9 Å². The predicted molar refractivity (Wildman–Crippen MR) is 47.1 cm³/mol. The molecule has 1 aliphatic rings. The minimum atomic E-state index is -0.295. The number of hydrogen-bond donors (Lipinski definition) is 0. The van der Waals surface area contributed by atoms with Crippen LogP contribution in [-0.4, -0.2) is 23.3 Å². The van der Waals surface area contributed by atoms with Gasteiger partial charge >= 0.3 is 0 Å². The molecule has 1 saturated heterocycles. The molecule has 1 atom stereocenters. The molecule has 1 aliphatic heterocycles. The van der Waals surface area contributed by atoms with Gasteiger partial charge in [0.2, 0.25) is 5.24 Å². The van der Waals surface area contributed by atoms with Crippen molar-refractivity contribution >= 4 is 32.8 Å². The van der Waals surface area contributed by atoms with Gasteiger partial charge in [-0.15, -0.1) is 0 Å². The zero-order valence-electron chi connectivity index (χ0n) is 6.06. The number of ether oxygens (including phenoxy) is 1. The van der Waals surface area contributed by atoms with Crippen LogP contribution in [0.1, 0.15) is 12.8 Å². The van der Waals surface area contributed by atoms with Crippen LogP contribution in [0.25, 0.3) is 0 Å². The highest BCUT2D eigenvalue weighted by atomic mass is 79.9. The van der Waals surface area contributed by atoms with Gasteiger partial charge in [0, 0.05) is 13.2 Å². The number of carbonyl (C=O) groups is 1. The Labute approximate surface area is 79.4 Å². The molecule has 1 unspecified atom stereocenters. The second-order valence-electron chi connectivity index (χ2n) is 2.66. The lowest BCUT2D eigenvalue weighted by atomic mass is 9.97. The van der Waals surface area contributed by atoms with Crippen molar-refractivity contribution < 1.29 is 9.53 Å². The lowest BCUT2D eigenvalue weighted by molar-refractivity contribution is -0.112. The Kier molecular flexibility index (Phi) is 3.82. The first-order valence-electron chi connectivity index (χ1n) is 3.63. The van der Waals surface area contributed by atoms with Gasteiger partial charge in [-0.05, 0) is 30.4 Å². The second-order valence-corrected chi connectivity index (χ2v) is 4.01. The molecule has 0 radical (unpaired) electrons. The van der Waals surface area contributed by atoms with Crippen molar-refractivity contribution in [1.29, 1.82) is 0 Å². The van der Waals surface area contributed by atoms with E-state index in [4.69, 9.17) is 16.3 Å². The number of carbonyl (C=O) groups excluding carboxylic acids is 1. The second kappa shape index (κ2) is 4.43. The van der Waals surface area contributed by atoms with Gasteiger partial charge in [-0.25, -0.2) is 0 Å². The summed E-state index contributed by atoms with van der Waals surface area (Å²) in [5.74, 6) is 0.355. The Morgan fingerprint density at radius 2 is 2.09 bits per heavy atom. The quantitative estimate of drug-likeness (QED) is 0.546. The normalized spacial score (nSPS) is 23.1. The smallest absolute Gasteiger partial charge is 0.235 e. The van der Waals surface area contributed by atoms with Crippen LogP contribution in [0.4, 0.5) is 0 Å². The van der Waals surface area contributed by atoms with Crippen LogP contribution in [0.2, 0.25) is 0 Å². The highest BCUT2D eigenvalue weighted by molar-refractivity contribution is 9.10. The molecule has 1 fully saturated rings. The van der Waals surface area contributed by atoms with Gasteiger partial charge in [-0.1, -0.05) is 15.9 Å². The Balaban J connectivity index is 2.38. The maximum atomic E-state index is 10.7. The van der Waals surface area contributed by atoms with Crippen LogP contribution in [-0.2, 0) is 9.53 Å². The van der Waals surface area contributed by atoms with Gasteiger partial charge in [0.1, 0.15) is 0 Å². The van der Waals surface area contributed by atoms with Gasteiger partial charge in [0.05, 0.1) is 4.83 Å². The molecule has 1 heterocycles. The largest absolute Gasteiger partial charge is 0.381 e. The van der Waals surface area contributed by atoms with Crippen LogP contribution in [0, 0.1) is 5.92 Å². The maximum Gasteiger partial charge on any atom is 0.235 e. The van der Waals surface area contributed by atoms with Crippen LogP contribution in [0.15, 0.2) is 0 Å². The summed E-state index contributed by atoms with van der Waals surface area (Å²) in [7, 11) is 0. The van der Waals surface area contributed by atoms with Crippen LogP contribution in [0.5, 0.6) is 0 Å². The molecule has 1 rings (SSSR count). The van der Waals surface area contributed by atoms with Crippen LogP contribution in [0.3, 0.4) is 0 Å². The Bertz CT molecular complexity index is 145. The molecule has 64 valence electrons. The van der Waals surface area contributed by atoms with E-state index in [1.54, 1.807) is 0 Å². The Hall–Kier alpha value is 0.400. The summed E-state index contributed by atoms with van der Waals surface area (Å²) in [6.07, 6.45) is 1.85. The summed E-state index contributed by atoms with van der Waals surface area (Å²) in [5, 5.41) is -0.295. The third-order valence-electron chi connectivity index (χ3n) is 1.90. The lowest BCUT2D eigenvalue weighted by Gasteiger charge is -2.23. The molecule has 0 bridgehead atoms. The molecule has 0 amide bonds. The molecule has 0 aromatic carbocycles. The summed E-state index contributed by atoms with van der Waals surface area (Å²) >= 11 is 8.60. The summed E-state index contributed by atoms with van der Waals surface area (Å²) in [5.41, 5.74) is 0. The third-order valence-corrected chi connectivity index (χ3v) is 3.56. The van der Waals surface area contributed by atoms with Crippen molar-refractivity contribution in [2.75, 3.05) is 13.2 Å². The molecular formula is C7H10BrClO2. The predicted octanol–water partition coefficient (Wildman–Crippen LogP) is 1.94. The van der Waals surface area contributed by atoms with Crippen molar-refractivity contribution in [2.24, 2.45) is 5.92 Å². The van der Waals surface area contributed by atoms with Gasteiger partial charge in [-0.3, -0.25) is 4.79 Å². The topological polar surface area (TPSA) is 26.3 Å². The van der Waals surface area contributed by atoms with Crippen molar-refractivity contribution in [2.45, 2.75) is 17.7 Å². The summed E-state index contributed by atoms with van der Waals surface area (Å²) in [6.45, 7) is 1.49. The summed E-state index contributed by atoms with van der Waals surface area (Å²) in [6, 6.07) is 0. The first kappa shape index (κ1) is 9.49. The van der Waals surface area contributed by atoms with Crippen molar-refractivity contribution in [3.05, 3.63) is 0 Å². The number of alkyl halides is 1. The molecule has 0 aromatic heterocycles. The minimum Gasteiger partial charge on any atom is -0.381 e. The highest BCUT2D eigenvalue weighted by Gasteiger charge is 2.25. The zero-order chi connectivity index (χ0) is 8.27. The Morgan fingerprint density at radius 1 is 1.55 bits per heavy atom. The van der Waals surface area contributed by atoms with E-state index in [0.717, 1.165) is 26.1 Å². The lowest BCUT2D eigenvalue weighted by Crippen LogP contribution is -2.26. The fourth-order valence-corrected chi connectivity index (χ4v) is 1.90. The van der Waals surface area contributed by atoms with E-state index in [9.17, 15) is 4.79 Å². The van der Waals surface area contributed by atoms with E-state index in [1.807, 2.05) is 0 Å². The van der Waals surface area contributed by atoms with Crippen molar-refractivity contribution in [3.8, 4) is 0 Å². The average molecular weight is 242 g/mol. The van der Waals surface area contributed by atoms with Gasteiger partial charge in [0.25, 0.3) is 0 Å². The van der Waals surface area contributed by atoms with E-state index in [1.165, 1.54) is 0 Å². The molecule has 0 N–H and O–H groups in total. The Morgan fingerprint density at radius 3 is 2.55 bits per heavy atom. The van der Waals surface area contributed by atoms with Gasteiger partial charge in [0.15, 0.2) is 0 Å². The van der Waals surface area contributed by atoms with Crippen molar-refractivity contribution in [3.63, 3.8) is 0 Å².